The van der Waals surface area contributed by atoms with Crippen LogP contribution in [-0.4, -0.2) is 29.5 Å². The number of rotatable bonds is 8. The van der Waals surface area contributed by atoms with Crippen LogP contribution in [0.25, 0.3) is 0 Å². The van der Waals surface area contributed by atoms with Crippen LogP contribution in [0.5, 0.6) is 5.75 Å². The second-order valence-corrected chi connectivity index (χ2v) is 5.33. The van der Waals surface area contributed by atoms with Gasteiger partial charge in [-0.2, -0.15) is 11.8 Å². The van der Waals surface area contributed by atoms with Crippen LogP contribution in [0.1, 0.15) is 23.7 Å². The van der Waals surface area contributed by atoms with Gasteiger partial charge in [0.25, 0.3) is 5.91 Å². The molecular weight excluding hydrogens is 314 g/mol. The molecule has 0 unspecified atom stereocenters. The molecule has 3 nitrogen and oxygen atoms in total. The zero-order valence-corrected chi connectivity index (χ0v) is 12.9. The summed E-state index contributed by atoms with van der Waals surface area (Å²) in [4.78, 5) is 11.8. The second kappa shape index (κ2) is 9.28. The van der Waals surface area contributed by atoms with Gasteiger partial charge in [-0.1, -0.05) is 6.92 Å². The number of halogens is 1. The molecule has 0 bridgehead atoms. The average molecular weight is 332 g/mol. The molecule has 0 atom stereocenters. The number of hydrogen-bond donors (Lipinski definition) is 1. The lowest BCUT2D eigenvalue weighted by Gasteiger charge is -2.06. The zero-order chi connectivity index (χ0) is 13.2. The van der Waals surface area contributed by atoms with Crippen molar-refractivity contribution in [2.45, 2.75) is 13.3 Å². The average Bonchev–Trinajstić information content (AvgIpc) is 2.39. The summed E-state index contributed by atoms with van der Waals surface area (Å²) in [6.07, 6.45) is 1.17. The third-order valence-corrected chi connectivity index (χ3v) is 3.64. The molecule has 0 aliphatic carbocycles. The van der Waals surface area contributed by atoms with Gasteiger partial charge in [0.1, 0.15) is 11.3 Å². The maximum Gasteiger partial charge on any atom is 0.251 e. The summed E-state index contributed by atoms with van der Waals surface area (Å²) in [5, 5.41) is 2.90. The molecule has 18 heavy (non-hydrogen) atoms. The Morgan fingerprint density at radius 2 is 2.06 bits per heavy atom. The number of carbonyl (C=O) groups is 1. The zero-order valence-electron chi connectivity index (χ0n) is 10.4. The molecule has 0 aliphatic heterocycles. The standard InChI is InChI=1S/C13H18BrNO2S/c1-2-8-18-9-7-15-13(16)11-3-5-12(6-4-11)17-10-14/h3-6H,2,7-10H2,1H3,(H,15,16). The van der Waals surface area contributed by atoms with E-state index in [1.54, 1.807) is 24.3 Å². The minimum atomic E-state index is -0.0301. The number of carbonyl (C=O) groups excluding carboxylic acids is 1. The third-order valence-electron chi connectivity index (χ3n) is 2.22. The maximum atomic E-state index is 11.8. The summed E-state index contributed by atoms with van der Waals surface area (Å²) in [5.74, 6) is 2.83. The molecule has 100 valence electrons. The van der Waals surface area contributed by atoms with E-state index in [1.165, 1.54) is 6.42 Å². The molecule has 1 aromatic rings. The molecule has 0 saturated carbocycles. The Kier molecular flexibility index (Phi) is 7.93. The molecule has 0 saturated heterocycles. The van der Waals surface area contributed by atoms with Crippen molar-refractivity contribution in [2.24, 2.45) is 0 Å². The molecule has 1 aromatic carbocycles. The molecule has 1 N–H and O–H groups in total. The minimum absolute atomic E-state index is 0.0301. The van der Waals surface area contributed by atoms with E-state index in [0.717, 1.165) is 17.3 Å². The van der Waals surface area contributed by atoms with Crippen molar-refractivity contribution in [2.75, 3.05) is 23.6 Å². The van der Waals surface area contributed by atoms with Crippen molar-refractivity contribution in [3.63, 3.8) is 0 Å². The van der Waals surface area contributed by atoms with Crippen LogP contribution in [-0.2, 0) is 0 Å². The molecule has 0 aromatic heterocycles. The van der Waals surface area contributed by atoms with Crippen LogP contribution in [0.2, 0.25) is 0 Å². The number of alkyl halides is 1. The number of benzene rings is 1. The molecule has 5 heteroatoms. The maximum absolute atomic E-state index is 11.8. The van der Waals surface area contributed by atoms with Gasteiger partial charge in [-0.3, -0.25) is 4.79 Å². The fraction of sp³-hybridized carbons (Fsp3) is 0.462. The van der Waals surface area contributed by atoms with Gasteiger partial charge in [0, 0.05) is 17.9 Å². The van der Waals surface area contributed by atoms with Gasteiger partial charge in [-0.05, 0) is 52.4 Å². The van der Waals surface area contributed by atoms with E-state index >= 15 is 0 Å². The van der Waals surface area contributed by atoms with Gasteiger partial charge in [0.05, 0.1) is 0 Å². The quantitative estimate of drug-likeness (QED) is 0.586. The summed E-state index contributed by atoms with van der Waals surface area (Å²) < 4.78 is 5.25. The summed E-state index contributed by atoms with van der Waals surface area (Å²) in [6.45, 7) is 2.87. The van der Waals surface area contributed by atoms with Crippen LogP contribution in [0.3, 0.4) is 0 Å². The van der Waals surface area contributed by atoms with Gasteiger partial charge < -0.3 is 10.1 Å². The Morgan fingerprint density at radius 3 is 2.67 bits per heavy atom. The Labute approximate surface area is 121 Å². The smallest absolute Gasteiger partial charge is 0.251 e. The van der Waals surface area contributed by atoms with Crippen LogP contribution in [0.15, 0.2) is 24.3 Å². The first-order chi connectivity index (χ1) is 8.77. The molecule has 0 aliphatic rings. The van der Waals surface area contributed by atoms with Crippen molar-refractivity contribution >= 4 is 33.6 Å². The SMILES string of the molecule is CCCSCCNC(=O)c1ccc(OCBr)cc1. The number of amides is 1. The van der Waals surface area contributed by atoms with Crippen LogP contribution in [0, 0.1) is 0 Å². The molecule has 0 heterocycles. The first-order valence-corrected chi connectivity index (χ1v) is 8.20. The molecule has 1 amide bonds. The van der Waals surface area contributed by atoms with Gasteiger partial charge in [-0.15, -0.1) is 0 Å². The second-order valence-electron chi connectivity index (χ2n) is 3.65. The van der Waals surface area contributed by atoms with E-state index in [2.05, 4.69) is 28.2 Å². The fourth-order valence-electron chi connectivity index (χ4n) is 1.35. The van der Waals surface area contributed by atoms with Crippen LogP contribution < -0.4 is 10.1 Å². The highest BCUT2D eigenvalue weighted by Gasteiger charge is 2.04. The van der Waals surface area contributed by atoms with Crippen LogP contribution in [0.4, 0.5) is 0 Å². The van der Waals surface area contributed by atoms with Gasteiger partial charge in [0.15, 0.2) is 0 Å². The summed E-state index contributed by atoms with van der Waals surface area (Å²) in [6, 6.07) is 7.13. The highest BCUT2D eigenvalue weighted by molar-refractivity contribution is 9.09. The number of hydrogen-bond acceptors (Lipinski definition) is 3. The van der Waals surface area contributed by atoms with E-state index in [0.29, 0.717) is 17.6 Å². The Bertz CT molecular complexity index is 357. The third kappa shape index (κ3) is 5.78. The molecule has 0 spiro atoms. The highest BCUT2D eigenvalue weighted by Crippen LogP contribution is 2.12. The summed E-state index contributed by atoms with van der Waals surface area (Å²) in [5.41, 5.74) is 1.12. The van der Waals surface area contributed by atoms with Crippen molar-refractivity contribution < 1.29 is 9.53 Å². The molecule has 0 fully saturated rings. The van der Waals surface area contributed by atoms with E-state index in [9.17, 15) is 4.79 Å². The number of ether oxygens (including phenoxy) is 1. The minimum Gasteiger partial charge on any atom is -0.482 e. The first kappa shape index (κ1) is 15.4. The predicted molar refractivity (Wildman–Crippen MR) is 80.8 cm³/mol. The lowest BCUT2D eigenvalue weighted by molar-refractivity contribution is 0.0956. The Balaban J connectivity index is 2.32. The van der Waals surface area contributed by atoms with Gasteiger partial charge in [0.2, 0.25) is 0 Å². The van der Waals surface area contributed by atoms with E-state index in [1.807, 2.05) is 11.8 Å². The normalized spacial score (nSPS) is 10.1. The fourth-order valence-corrected chi connectivity index (χ4v) is 2.35. The van der Waals surface area contributed by atoms with Crippen molar-refractivity contribution in [3.05, 3.63) is 29.8 Å². The highest BCUT2D eigenvalue weighted by atomic mass is 79.9. The topological polar surface area (TPSA) is 38.3 Å². The Morgan fingerprint density at radius 1 is 1.33 bits per heavy atom. The van der Waals surface area contributed by atoms with E-state index in [4.69, 9.17) is 4.74 Å². The summed E-state index contributed by atoms with van der Waals surface area (Å²) >= 11 is 5.04. The predicted octanol–water partition coefficient (Wildman–Crippen LogP) is 3.29. The van der Waals surface area contributed by atoms with E-state index < -0.39 is 0 Å². The van der Waals surface area contributed by atoms with Gasteiger partial charge in [-0.25, -0.2) is 0 Å². The number of thioether (sulfide) groups is 1. The lowest BCUT2D eigenvalue weighted by Crippen LogP contribution is -2.25. The Hall–Kier alpha value is -0.680. The lowest BCUT2D eigenvalue weighted by atomic mass is 10.2. The monoisotopic (exact) mass is 331 g/mol. The van der Waals surface area contributed by atoms with Gasteiger partial charge >= 0.3 is 0 Å². The number of nitrogens with one attached hydrogen (secondary N) is 1. The molecular formula is C13H18BrNO2S. The van der Waals surface area contributed by atoms with Crippen molar-refractivity contribution in [1.29, 1.82) is 0 Å². The first-order valence-electron chi connectivity index (χ1n) is 5.92. The molecule has 1 rings (SSSR count). The largest absolute Gasteiger partial charge is 0.482 e. The summed E-state index contributed by atoms with van der Waals surface area (Å²) in [7, 11) is 0. The molecule has 0 radical (unpaired) electrons. The van der Waals surface area contributed by atoms with Crippen LogP contribution >= 0.6 is 27.7 Å². The van der Waals surface area contributed by atoms with E-state index in [-0.39, 0.29) is 5.91 Å². The van der Waals surface area contributed by atoms with Crippen molar-refractivity contribution in [1.82, 2.24) is 5.32 Å². The van der Waals surface area contributed by atoms with Crippen molar-refractivity contribution in [3.8, 4) is 5.75 Å².